The molecule has 0 unspecified atom stereocenters. The number of nitrogens with two attached hydrogens (primary N) is 1. The summed E-state index contributed by atoms with van der Waals surface area (Å²) < 4.78 is 24.8. The fraction of sp³-hybridized carbons (Fsp3) is 0.444. The average molecular weight is 391 g/mol. The van der Waals surface area contributed by atoms with Gasteiger partial charge < -0.3 is 11.1 Å². The molecule has 5 N–H and O–H groups in total. The van der Waals surface area contributed by atoms with Gasteiger partial charge in [-0.25, -0.2) is 18.4 Å². The van der Waals surface area contributed by atoms with Gasteiger partial charge >= 0.3 is 0 Å². The van der Waals surface area contributed by atoms with Crippen molar-refractivity contribution in [2.75, 3.05) is 16.5 Å². The summed E-state index contributed by atoms with van der Waals surface area (Å²) in [4.78, 5) is 10.7. The fourth-order valence-corrected chi connectivity index (χ4v) is 3.96. The first-order chi connectivity index (χ1) is 13.0. The number of aryl methyl sites for hydroxylation is 1. The third-order valence-electron chi connectivity index (χ3n) is 4.72. The van der Waals surface area contributed by atoms with Crippen LogP contribution in [0.3, 0.4) is 0 Å². The minimum absolute atomic E-state index is 0.157. The molecule has 0 saturated heterocycles. The molecule has 0 atom stereocenters. The monoisotopic (exact) mass is 390 g/mol. The van der Waals surface area contributed by atoms with E-state index in [-0.39, 0.29) is 16.4 Å². The van der Waals surface area contributed by atoms with E-state index in [0.29, 0.717) is 11.9 Å². The summed E-state index contributed by atoms with van der Waals surface area (Å²) in [5.74, 6) is 0.741. The van der Waals surface area contributed by atoms with Crippen molar-refractivity contribution in [1.82, 2.24) is 14.8 Å². The second-order valence-corrected chi connectivity index (χ2v) is 8.54. The maximum absolute atomic E-state index is 12.4. The molecular weight excluding hydrogens is 364 g/mol. The van der Waals surface area contributed by atoms with Crippen molar-refractivity contribution in [2.24, 2.45) is 0 Å². The molecule has 1 saturated carbocycles. The zero-order valence-electron chi connectivity index (χ0n) is 15.4. The second-order valence-electron chi connectivity index (χ2n) is 6.86. The summed E-state index contributed by atoms with van der Waals surface area (Å²) in [6.45, 7) is 1.90. The average Bonchev–Trinajstić information content (AvgIpc) is 2.91. The van der Waals surface area contributed by atoms with Crippen molar-refractivity contribution in [1.29, 1.82) is 0 Å². The lowest BCUT2D eigenvalue weighted by molar-refractivity contribution is 0.587. The number of rotatable bonds is 6. The van der Waals surface area contributed by atoms with Gasteiger partial charge in [0, 0.05) is 6.04 Å². The fourth-order valence-electron chi connectivity index (χ4n) is 3.12. The number of nitrogens with zero attached hydrogens (tertiary/aromatic N) is 2. The number of hydrazine groups is 1. The summed E-state index contributed by atoms with van der Waals surface area (Å²) in [7, 11) is -3.73. The Hall–Kier alpha value is -2.39. The van der Waals surface area contributed by atoms with Crippen molar-refractivity contribution in [3.63, 3.8) is 0 Å². The Balaban J connectivity index is 1.69. The molecule has 1 aliphatic carbocycles. The number of hydrogen-bond donors (Lipinski definition) is 4. The molecular formula is C18H26N6O2S. The van der Waals surface area contributed by atoms with Gasteiger partial charge in [0.15, 0.2) is 11.6 Å². The van der Waals surface area contributed by atoms with Gasteiger partial charge in [-0.3, -0.25) is 5.43 Å². The molecule has 3 rings (SSSR count). The normalized spacial score (nSPS) is 15.9. The highest BCUT2D eigenvalue weighted by molar-refractivity contribution is 7.89. The van der Waals surface area contributed by atoms with E-state index in [1.165, 1.54) is 32.0 Å². The molecule has 27 heavy (non-hydrogen) atoms. The molecule has 146 valence electrons. The summed E-state index contributed by atoms with van der Waals surface area (Å²) in [6.07, 6.45) is 8.39. The van der Waals surface area contributed by atoms with Crippen molar-refractivity contribution in [3.05, 3.63) is 36.2 Å². The first-order valence-corrected chi connectivity index (χ1v) is 10.7. The van der Waals surface area contributed by atoms with Crippen LogP contribution in [0.15, 0.2) is 35.5 Å². The highest BCUT2D eigenvalue weighted by Gasteiger charge is 2.18. The van der Waals surface area contributed by atoms with E-state index in [1.54, 1.807) is 24.3 Å². The van der Waals surface area contributed by atoms with Crippen LogP contribution < -0.4 is 21.3 Å². The van der Waals surface area contributed by atoms with Gasteiger partial charge in [-0.1, -0.05) is 43.4 Å². The minimum Gasteiger partial charge on any atom is -0.393 e. The molecule has 0 radical (unpaired) electrons. The molecule has 9 heteroatoms. The number of nitrogen functional groups attached to an aromatic ring is 1. The molecule has 1 fully saturated rings. The quantitative estimate of drug-likeness (QED) is 0.442. The van der Waals surface area contributed by atoms with Crippen LogP contribution in [-0.2, 0) is 10.0 Å². The van der Waals surface area contributed by atoms with E-state index in [2.05, 4.69) is 25.5 Å². The van der Waals surface area contributed by atoms with Gasteiger partial charge in [0.25, 0.3) is 10.0 Å². The Morgan fingerprint density at radius 2 is 1.63 bits per heavy atom. The Kier molecular flexibility index (Phi) is 6.12. The SMILES string of the molecule is Cc1ccc(S(=O)(=O)NNc2ncnc(NC3CCCCCC3)c2N)cc1. The first kappa shape index (κ1) is 19.4. The first-order valence-electron chi connectivity index (χ1n) is 9.17. The minimum atomic E-state index is -3.73. The smallest absolute Gasteiger partial charge is 0.257 e. The predicted octanol–water partition coefficient (Wildman–Crippen LogP) is 2.81. The van der Waals surface area contributed by atoms with E-state index >= 15 is 0 Å². The standard InChI is InChI=1S/C18H26N6O2S/c1-13-8-10-15(11-9-13)27(25,26)24-23-18-16(19)17(20-12-21-18)22-14-6-4-2-3-5-7-14/h8-12,14,24H,2-7,19H2,1H3,(H2,20,21,22,23). The van der Waals surface area contributed by atoms with Crippen LogP contribution in [0.4, 0.5) is 17.3 Å². The number of anilines is 3. The Bertz CT molecular complexity index is 862. The number of benzene rings is 1. The van der Waals surface area contributed by atoms with Crippen LogP contribution in [0.5, 0.6) is 0 Å². The van der Waals surface area contributed by atoms with Gasteiger partial charge in [0.1, 0.15) is 12.0 Å². The highest BCUT2D eigenvalue weighted by atomic mass is 32.2. The third-order valence-corrected chi connectivity index (χ3v) is 5.98. The van der Waals surface area contributed by atoms with Gasteiger partial charge in [-0.2, -0.15) is 0 Å². The summed E-state index contributed by atoms with van der Waals surface area (Å²) in [6, 6.07) is 6.88. The van der Waals surface area contributed by atoms with E-state index in [9.17, 15) is 8.42 Å². The molecule has 1 aromatic heterocycles. The lowest BCUT2D eigenvalue weighted by Crippen LogP contribution is -2.30. The van der Waals surface area contributed by atoms with Gasteiger partial charge in [-0.05, 0) is 31.9 Å². The molecule has 0 bridgehead atoms. The summed E-state index contributed by atoms with van der Waals surface area (Å²) in [5.41, 5.74) is 10.0. The highest BCUT2D eigenvalue weighted by Crippen LogP contribution is 2.26. The van der Waals surface area contributed by atoms with Crippen molar-refractivity contribution < 1.29 is 8.42 Å². The molecule has 1 aliphatic rings. The van der Waals surface area contributed by atoms with Crippen molar-refractivity contribution in [2.45, 2.75) is 56.4 Å². The number of nitrogens with one attached hydrogen (secondary N) is 3. The van der Waals surface area contributed by atoms with E-state index < -0.39 is 10.0 Å². The summed E-state index contributed by atoms with van der Waals surface area (Å²) >= 11 is 0. The van der Waals surface area contributed by atoms with Gasteiger partial charge in [0.05, 0.1) is 4.90 Å². The lowest BCUT2D eigenvalue weighted by Gasteiger charge is -2.19. The number of aromatic nitrogens is 2. The zero-order chi connectivity index (χ0) is 19.3. The van der Waals surface area contributed by atoms with Crippen LogP contribution in [-0.4, -0.2) is 24.4 Å². The van der Waals surface area contributed by atoms with Crippen LogP contribution in [0, 0.1) is 6.92 Å². The Morgan fingerprint density at radius 1 is 1.00 bits per heavy atom. The van der Waals surface area contributed by atoms with E-state index in [4.69, 9.17) is 5.73 Å². The van der Waals surface area contributed by atoms with Crippen LogP contribution in [0.2, 0.25) is 0 Å². The molecule has 0 spiro atoms. The maximum Gasteiger partial charge on any atom is 0.257 e. The van der Waals surface area contributed by atoms with Crippen LogP contribution in [0.1, 0.15) is 44.1 Å². The largest absolute Gasteiger partial charge is 0.393 e. The molecule has 8 nitrogen and oxygen atoms in total. The van der Waals surface area contributed by atoms with E-state index in [0.717, 1.165) is 18.4 Å². The summed E-state index contributed by atoms with van der Waals surface area (Å²) in [5, 5.41) is 3.37. The maximum atomic E-state index is 12.4. The molecule has 2 aromatic rings. The number of hydrogen-bond acceptors (Lipinski definition) is 7. The van der Waals surface area contributed by atoms with Crippen molar-refractivity contribution in [3.8, 4) is 0 Å². The Labute approximate surface area is 160 Å². The third kappa shape index (κ3) is 5.08. The molecule has 0 aliphatic heterocycles. The lowest BCUT2D eigenvalue weighted by atomic mass is 10.1. The zero-order valence-corrected chi connectivity index (χ0v) is 16.2. The topological polar surface area (TPSA) is 122 Å². The second kappa shape index (κ2) is 8.53. The Morgan fingerprint density at radius 3 is 2.30 bits per heavy atom. The van der Waals surface area contributed by atoms with Gasteiger partial charge in [-0.15, -0.1) is 4.83 Å². The van der Waals surface area contributed by atoms with Crippen LogP contribution >= 0.6 is 0 Å². The van der Waals surface area contributed by atoms with E-state index in [1.807, 2.05) is 6.92 Å². The predicted molar refractivity (Wildman–Crippen MR) is 107 cm³/mol. The molecule has 1 heterocycles. The molecule has 1 aromatic carbocycles. The van der Waals surface area contributed by atoms with Crippen LogP contribution in [0.25, 0.3) is 0 Å². The number of sulfonamides is 1. The van der Waals surface area contributed by atoms with Crippen molar-refractivity contribution >= 4 is 27.3 Å². The van der Waals surface area contributed by atoms with Gasteiger partial charge in [0.2, 0.25) is 0 Å². The molecule has 0 amide bonds.